The Morgan fingerprint density at radius 3 is 2.77 bits per heavy atom. The van der Waals surface area contributed by atoms with E-state index in [-0.39, 0.29) is 5.91 Å². The van der Waals surface area contributed by atoms with E-state index in [1.54, 1.807) is 6.21 Å². The van der Waals surface area contributed by atoms with E-state index >= 15 is 0 Å². The van der Waals surface area contributed by atoms with Crippen LogP contribution in [-0.4, -0.2) is 18.7 Å². The topological polar surface area (TPSA) is 50.7 Å². The van der Waals surface area contributed by atoms with Gasteiger partial charge in [-0.05, 0) is 69.6 Å². The van der Waals surface area contributed by atoms with E-state index in [2.05, 4.69) is 33.1 Å². The highest BCUT2D eigenvalue weighted by atomic mass is 127. The second kappa shape index (κ2) is 8.80. The normalized spacial score (nSPS) is 11.0. The number of nitrogens with zero attached hydrogens (tertiary/aromatic N) is 1. The Balaban J connectivity index is 1.63. The summed E-state index contributed by atoms with van der Waals surface area (Å²) >= 11 is 2.22. The number of amides is 1. The Morgan fingerprint density at radius 1 is 1.15 bits per heavy atom. The van der Waals surface area contributed by atoms with Crippen LogP contribution in [0.15, 0.2) is 65.8 Å². The third-order valence-electron chi connectivity index (χ3n) is 3.89. The maximum Gasteiger partial charge on any atom is 0.244 e. The Bertz CT molecular complexity index is 948. The second-order valence-electron chi connectivity index (χ2n) is 5.73. The third kappa shape index (κ3) is 4.60. The number of fused-ring (bicyclic) bond motifs is 1. The van der Waals surface area contributed by atoms with Crippen molar-refractivity contribution in [3.8, 4) is 5.75 Å². The molecule has 4 nitrogen and oxygen atoms in total. The van der Waals surface area contributed by atoms with Crippen LogP contribution >= 0.6 is 22.6 Å². The van der Waals surface area contributed by atoms with E-state index in [1.165, 1.54) is 0 Å². The van der Waals surface area contributed by atoms with Crippen LogP contribution in [0.5, 0.6) is 5.75 Å². The Morgan fingerprint density at radius 2 is 1.96 bits per heavy atom. The van der Waals surface area contributed by atoms with Crippen molar-refractivity contribution in [3.63, 3.8) is 0 Å². The minimum absolute atomic E-state index is 0.141. The van der Waals surface area contributed by atoms with Crippen molar-refractivity contribution in [2.24, 2.45) is 5.10 Å². The summed E-state index contributed by atoms with van der Waals surface area (Å²) in [6.45, 7) is 2.59. The number of ether oxygens (including phenoxy) is 1. The van der Waals surface area contributed by atoms with E-state index in [9.17, 15) is 4.79 Å². The SMILES string of the molecule is CCOc1ccc(/C=N\NC(=O)Cc2cccc3ccccc23)cc1I. The van der Waals surface area contributed by atoms with Gasteiger partial charge in [0.1, 0.15) is 5.75 Å². The van der Waals surface area contributed by atoms with Gasteiger partial charge in [-0.3, -0.25) is 4.79 Å². The Kier molecular flexibility index (Phi) is 6.22. The van der Waals surface area contributed by atoms with Crippen molar-refractivity contribution >= 4 is 45.5 Å². The molecule has 0 saturated carbocycles. The lowest BCUT2D eigenvalue weighted by molar-refractivity contribution is -0.120. The number of hydrogen-bond acceptors (Lipinski definition) is 3. The van der Waals surface area contributed by atoms with Crippen LogP contribution in [0.4, 0.5) is 0 Å². The molecule has 132 valence electrons. The number of carbonyl (C=O) groups excluding carboxylic acids is 1. The largest absolute Gasteiger partial charge is 0.493 e. The monoisotopic (exact) mass is 458 g/mol. The molecule has 26 heavy (non-hydrogen) atoms. The van der Waals surface area contributed by atoms with Crippen molar-refractivity contribution in [2.75, 3.05) is 6.61 Å². The lowest BCUT2D eigenvalue weighted by Gasteiger charge is -2.06. The van der Waals surface area contributed by atoms with Gasteiger partial charge >= 0.3 is 0 Å². The van der Waals surface area contributed by atoms with Crippen molar-refractivity contribution in [2.45, 2.75) is 13.3 Å². The first-order chi connectivity index (χ1) is 12.7. The molecule has 1 N–H and O–H groups in total. The zero-order valence-electron chi connectivity index (χ0n) is 14.4. The molecule has 0 fully saturated rings. The van der Waals surface area contributed by atoms with Crippen LogP contribution < -0.4 is 10.2 Å². The van der Waals surface area contributed by atoms with Gasteiger partial charge < -0.3 is 4.74 Å². The van der Waals surface area contributed by atoms with Crippen LogP contribution in [0.2, 0.25) is 0 Å². The van der Waals surface area contributed by atoms with Crippen molar-refractivity contribution in [3.05, 3.63) is 75.4 Å². The molecule has 1 amide bonds. The number of benzene rings is 3. The van der Waals surface area contributed by atoms with Gasteiger partial charge in [-0.15, -0.1) is 0 Å². The maximum atomic E-state index is 12.2. The average Bonchev–Trinajstić information content (AvgIpc) is 2.64. The molecule has 0 aliphatic rings. The standard InChI is InChI=1S/C21H19IN2O2/c1-2-26-20-11-10-15(12-19(20)22)14-23-24-21(25)13-17-8-5-7-16-6-3-4-9-18(16)17/h3-12,14H,2,13H2,1H3,(H,24,25)/b23-14-. The first-order valence-corrected chi connectivity index (χ1v) is 9.46. The first-order valence-electron chi connectivity index (χ1n) is 8.38. The summed E-state index contributed by atoms with van der Waals surface area (Å²) in [5, 5.41) is 6.29. The molecule has 0 radical (unpaired) electrons. The summed E-state index contributed by atoms with van der Waals surface area (Å²) in [7, 11) is 0. The smallest absolute Gasteiger partial charge is 0.244 e. The predicted molar refractivity (Wildman–Crippen MR) is 114 cm³/mol. The Hall–Kier alpha value is -2.41. The molecule has 0 atom stereocenters. The molecular weight excluding hydrogens is 439 g/mol. The summed E-state index contributed by atoms with van der Waals surface area (Å²) in [5.41, 5.74) is 4.50. The van der Waals surface area contributed by atoms with Crippen molar-refractivity contribution in [1.82, 2.24) is 5.43 Å². The second-order valence-corrected chi connectivity index (χ2v) is 6.89. The zero-order chi connectivity index (χ0) is 18.4. The van der Waals surface area contributed by atoms with Crippen molar-refractivity contribution in [1.29, 1.82) is 0 Å². The highest BCUT2D eigenvalue weighted by Crippen LogP contribution is 2.21. The average molecular weight is 458 g/mol. The Labute approximate surface area is 166 Å². The summed E-state index contributed by atoms with van der Waals surface area (Å²) in [6.07, 6.45) is 1.93. The molecule has 3 aromatic carbocycles. The third-order valence-corrected chi connectivity index (χ3v) is 4.73. The van der Waals surface area contributed by atoms with E-state index in [0.29, 0.717) is 13.0 Å². The fourth-order valence-corrected chi connectivity index (χ4v) is 3.40. The molecular formula is C21H19IN2O2. The molecule has 3 aromatic rings. The zero-order valence-corrected chi connectivity index (χ0v) is 16.6. The molecule has 0 unspecified atom stereocenters. The van der Waals surface area contributed by atoms with E-state index < -0.39 is 0 Å². The van der Waals surface area contributed by atoms with Gasteiger partial charge in [0, 0.05) is 0 Å². The van der Waals surface area contributed by atoms with E-state index in [1.807, 2.05) is 67.6 Å². The molecule has 0 aromatic heterocycles. The number of rotatable bonds is 6. The molecule has 0 saturated heterocycles. The quantitative estimate of drug-likeness (QED) is 0.335. The molecule has 3 rings (SSSR count). The molecule has 0 heterocycles. The fraction of sp³-hybridized carbons (Fsp3) is 0.143. The lowest BCUT2D eigenvalue weighted by Crippen LogP contribution is -2.19. The number of hydrazone groups is 1. The summed E-state index contributed by atoms with van der Waals surface area (Å²) in [4.78, 5) is 12.2. The van der Waals surface area contributed by atoms with Crippen molar-refractivity contribution < 1.29 is 9.53 Å². The van der Waals surface area contributed by atoms with Crippen LogP contribution in [0.1, 0.15) is 18.1 Å². The van der Waals surface area contributed by atoms with Gasteiger partial charge in [0.15, 0.2) is 0 Å². The molecule has 5 heteroatoms. The number of halogens is 1. The fourth-order valence-electron chi connectivity index (χ4n) is 2.71. The van der Waals surface area contributed by atoms with Crippen LogP contribution in [0, 0.1) is 3.57 Å². The lowest BCUT2D eigenvalue weighted by atomic mass is 10.0. The summed E-state index contributed by atoms with van der Waals surface area (Å²) in [6, 6.07) is 19.8. The number of nitrogens with one attached hydrogen (secondary N) is 1. The first kappa shape index (κ1) is 18.4. The minimum atomic E-state index is -0.141. The summed E-state index contributed by atoms with van der Waals surface area (Å²) < 4.78 is 6.52. The van der Waals surface area contributed by atoms with Crippen LogP contribution in [0.3, 0.4) is 0 Å². The molecule has 0 aliphatic carbocycles. The highest BCUT2D eigenvalue weighted by Gasteiger charge is 2.06. The predicted octanol–water partition coefficient (Wildman–Crippen LogP) is 4.54. The maximum absolute atomic E-state index is 12.2. The van der Waals surface area contributed by atoms with Gasteiger partial charge in [-0.1, -0.05) is 42.5 Å². The van der Waals surface area contributed by atoms with Crippen LogP contribution in [0.25, 0.3) is 10.8 Å². The van der Waals surface area contributed by atoms with Gasteiger partial charge in [-0.25, -0.2) is 5.43 Å². The summed E-state index contributed by atoms with van der Waals surface area (Å²) in [5.74, 6) is 0.712. The molecule has 0 aliphatic heterocycles. The van der Waals surface area contributed by atoms with E-state index in [4.69, 9.17) is 4.74 Å². The number of hydrogen-bond donors (Lipinski definition) is 1. The highest BCUT2D eigenvalue weighted by molar-refractivity contribution is 14.1. The van der Waals surface area contributed by atoms with Gasteiger partial charge in [0.05, 0.1) is 22.8 Å². The van der Waals surface area contributed by atoms with E-state index in [0.717, 1.165) is 31.2 Å². The van der Waals surface area contributed by atoms with Gasteiger partial charge in [-0.2, -0.15) is 5.10 Å². The van der Waals surface area contributed by atoms with Gasteiger partial charge in [0.2, 0.25) is 5.91 Å². The van der Waals surface area contributed by atoms with Gasteiger partial charge in [0.25, 0.3) is 0 Å². The number of carbonyl (C=O) groups is 1. The minimum Gasteiger partial charge on any atom is -0.493 e. The molecule has 0 spiro atoms. The van der Waals surface area contributed by atoms with Crippen LogP contribution in [-0.2, 0) is 11.2 Å². The molecule has 0 bridgehead atoms.